The molecule has 2 saturated heterocycles. The van der Waals surface area contributed by atoms with Gasteiger partial charge in [-0.25, -0.2) is 0 Å². The van der Waals surface area contributed by atoms with Crippen LogP contribution in [0.4, 0.5) is 15.8 Å². The lowest BCUT2D eigenvalue weighted by Crippen LogP contribution is -2.56. The summed E-state index contributed by atoms with van der Waals surface area (Å²) in [5, 5.41) is 14.1. The molecule has 1 N–H and O–H groups in total. The van der Waals surface area contributed by atoms with Crippen LogP contribution in [-0.2, 0) is 0 Å². The fraction of sp³-hybridized carbons (Fsp3) is 0.600. The van der Waals surface area contributed by atoms with Crippen LogP contribution < -0.4 is 10.2 Å². The number of nitro groups is 1. The molecule has 2 bridgehead atoms. The molecule has 0 saturated carbocycles. The molecule has 0 radical (unpaired) electrons. The lowest BCUT2D eigenvalue weighted by molar-refractivity contribution is -0.387. The Morgan fingerprint density at radius 2 is 2.00 bits per heavy atom. The molecule has 5 nitrogen and oxygen atoms in total. The minimum atomic E-state index is -0.744. The first-order valence-corrected chi connectivity index (χ1v) is 7.49. The summed E-state index contributed by atoms with van der Waals surface area (Å²) in [5.41, 5.74) is 0.330. The molecule has 2 atom stereocenters. The molecule has 0 spiro atoms. The number of benzene rings is 1. The lowest BCUT2D eigenvalue weighted by atomic mass is 9.81. The second-order valence-corrected chi connectivity index (χ2v) is 6.00. The van der Waals surface area contributed by atoms with Crippen LogP contribution in [0.1, 0.15) is 32.1 Å². The van der Waals surface area contributed by atoms with E-state index in [1.54, 1.807) is 6.07 Å². The number of piperidine rings is 2. The molecular weight excluding hydrogens is 273 g/mol. The highest BCUT2D eigenvalue weighted by atomic mass is 19.1. The number of halogens is 1. The highest BCUT2D eigenvalue weighted by Gasteiger charge is 2.38. The molecule has 1 aromatic carbocycles. The predicted molar refractivity (Wildman–Crippen MR) is 79.0 cm³/mol. The van der Waals surface area contributed by atoms with Crippen molar-refractivity contribution in [1.82, 2.24) is 5.32 Å². The molecule has 3 rings (SSSR count). The van der Waals surface area contributed by atoms with Gasteiger partial charge in [-0.05, 0) is 45.2 Å². The van der Waals surface area contributed by atoms with Crippen molar-refractivity contribution in [3.05, 3.63) is 34.1 Å². The lowest BCUT2D eigenvalue weighted by Gasteiger charge is -2.50. The molecule has 0 amide bonds. The summed E-state index contributed by atoms with van der Waals surface area (Å²) >= 11 is 0. The molecule has 114 valence electrons. The first kappa shape index (κ1) is 14.3. The maximum absolute atomic E-state index is 13.9. The minimum Gasteiger partial charge on any atom is -0.365 e. The fourth-order valence-electron chi connectivity index (χ4n) is 3.84. The molecule has 1 aromatic rings. The van der Waals surface area contributed by atoms with Crippen molar-refractivity contribution in [2.45, 2.75) is 50.2 Å². The zero-order chi connectivity index (χ0) is 15.0. The maximum atomic E-state index is 13.9. The summed E-state index contributed by atoms with van der Waals surface area (Å²) in [6, 6.07) is 5.60. The smallest absolute Gasteiger partial charge is 0.304 e. The van der Waals surface area contributed by atoms with Gasteiger partial charge in [0.2, 0.25) is 5.82 Å². The monoisotopic (exact) mass is 293 g/mol. The molecule has 21 heavy (non-hydrogen) atoms. The zero-order valence-electron chi connectivity index (χ0n) is 12.1. The predicted octanol–water partition coefficient (Wildman–Crippen LogP) is 2.84. The van der Waals surface area contributed by atoms with E-state index in [1.165, 1.54) is 18.6 Å². The fourth-order valence-corrected chi connectivity index (χ4v) is 3.84. The Hall–Kier alpha value is -1.69. The van der Waals surface area contributed by atoms with E-state index < -0.39 is 16.4 Å². The van der Waals surface area contributed by atoms with Gasteiger partial charge in [-0.2, -0.15) is 4.39 Å². The van der Waals surface area contributed by atoms with Gasteiger partial charge in [0.1, 0.15) is 0 Å². The van der Waals surface area contributed by atoms with Crippen LogP contribution in [-0.4, -0.2) is 30.1 Å². The van der Waals surface area contributed by atoms with Gasteiger partial charge >= 0.3 is 5.69 Å². The number of nitrogens with zero attached hydrogens (tertiary/aromatic N) is 2. The van der Waals surface area contributed by atoms with E-state index in [0.717, 1.165) is 31.4 Å². The Labute approximate surface area is 123 Å². The van der Waals surface area contributed by atoms with E-state index >= 15 is 0 Å². The number of rotatable bonds is 3. The SMILES string of the molecule is CNC1CC2CCCC(C1)N2c1ccc([N+](=O)[O-])c(F)c1. The van der Waals surface area contributed by atoms with Crippen molar-refractivity contribution in [3.8, 4) is 0 Å². The van der Waals surface area contributed by atoms with Crippen LogP contribution in [0.2, 0.25) is 0 Å². The molecule has 0 aromatic heterocycles. The Morgan fingerprint density at radius 1 is 1.33 bits per heavy atom. The number of hydrogen-bond donors (Lipinski definition) is 1. The van der Waals surface area contributed by atoms with Crippen molar-refractivity contribution >= 4 is 11.4 Å². The summed E-state index contributed by atoms with van der Waals surface area (Å²) < 4.78 is 13.9. The third kappa shape index (κ3) is 2.60. The zero-order valence-corrected chi connectivity index (χ0v) is 12.1. The summed E-state index contributed by atoms with van der Waals surface area (Å²) in [7, 11) is 1.99. The topological polar surface area (TPSA) is 58.4 Å². The number of anilines is 1. The first-order valence-electron chi connectivity index (χ1n) is 7.49. The molecule has 6 heteroatoms. The summed E-state index contributed by atoms with van der Waals surface area (Å²) in [4.78, 5) is 12.3. The van der Waals surface area contributed by atoms with E-state index in [-0.39, 0.29) is 0 Å². The van der Waals surface area contributed by atoms with Crippen LogP contribution in [0.3, 0.4) is 0 Å². The molecule has 2 unspecified atom stereocenters. The maximum Gasteiger partial charge on any atom is 0.304 e. The largest absolute Gasteiger partial charge is 0.365 e. The standard InChI is InChI=1S/C15H20FN3O2/c1-17-10-7-11-3-2-4-12(8-10)18(11)13-5-6-15(19(20)21)14(16)9-13/h5-6,9-12,17H,2-4,7-8H2,1H3. The summed E-state index contributed by atoms with van der Waals surface area (Å²) in [6.45, 7) is 0. The molecule has 2 aliphatic rings. The summed E-state index contributed by atoms with van der Waals surface area (Å²) in [6.07, 6.45) is 5.51. The van der Waals surface area contributed by atoms with Gasteiger partial charge in [-0.15, -0.1) is 0 Å². The van der Waals surface area contributed by atoms with Gasteiger partial charge in [0, 0.05) is 35.9 Å². The second-order valence-electron chi connectivity index (χ2n) is 6.00. The Balaban J connectivity index is 1.89. The van der Waals surface area contributed by atoms with E-state index in [0.29, 0.717) is 18.1 Å². The van der Waals surface area contributed by atoms with Crippen LogP contribution in [0.5, 0.6) is 0 Å². The third-order valence-electron chi connectivity index (χ3n) is 4.81. The quantitative estimate of drug-likeness (QED) is 0.687. The average Bonchev–Trinajstić information content (AvgIpc) is 2.45. The Morgan fingerprint density at radius 3 is 2.52 bits per heavy atom. The van der Waals surface area contributed by atoms with Crippen molar-refractivity contribution in [3.63, 3.8) is 0 Å². The Bertz CT molecular complexity index is 538. The molecule has 2 heterocycles. The van der Waals surface area contributed by atoms with Crippen LogP contribution >= 0.6 is 0 Å². The highest BCUT2D eigenvalue weighted by Crippen LogP contribution is 2.38. The van der Waals surface area contributed by atoms with E-state index in [9.17, 15) is 14.5 Å². The highest BCUT2D eigenvalue weighted by molar-refractivity contribution is 5.54. The van der Waals surface area contributed by atoms with Gasteiger partial charge in [0.05, 0.1) is 4.92 Å². The van der Waals surface area contributed by atoms with Crippen LogP contribution in [0.15, 0.2) is 18.2 Å². The van der Waals surface area contributed by atoms with E-state index in [2.05, 4.69) is 10.2 Å². The van der Waals surface area contributed by atoms with E-state index in [4.69, 9.17) is 0 Å². The normalized spacial score (nSPS) is 28.5. The van der Waals surface area contributed by atoms with Gasteiger partial charge in [0.15, 0.2) is 0 Å². The van der Waals surface area contributed by atoms with Gasteiger partial charge in [-0.3, -0.25) is 10.1 Å². The first-order chi connectivity index (χ1) is 10.1. The second kappa shape index (κ2) is 5.60. The van der Waals surface area contributed by atoms with Crippen LogP contribution in [0.25, 0.3) is 0 Å². The molecular formula is C15H20FN3O2. The Kier molecular flexibility index (Phi) is 3.80. The van der Waals surface area contributed by atoms with Crippen molar-refractivity contribution in [1.29, 1.82) is 0 Å². The summed E-state index contributed by atoms with van der Waals surface area (Å²) in [5.74, 6) is -0.744. The van der Waals surface area contributed by atoms with Crippen molar-refractivity contribution in [2.75, 3.05) is 11.9 Å². The molecule has 2 fully saturated rings. The number of hydrogen-bond acceptors (Lipinski definition) is 4. The van der Waals surface area contributed by atoms with Crippen LogP contribution in [0, 0.1) is 15.9 Å². The van der Waals surface area contributed by atoms with Gasteiger partial charge in [-0.1, -0.05) is 0 Å². The van der Waals surface area contributed by atoms with Gasteiger partial charge < -0.3 is 10.2 Å². The average molecular weight is 293 g/mol. The van der Waals surface area contributed by atoms with Crippen molar-refractivity contribution in [2.24, 2.45) is 0 Å². The molecule has 2 aliphatic heterocycles. The molecule has 0 aliphatic carbocycles. The number of nitrogens with one attached hydrogen (secondary N) is 1. The third-order valence-corrected chi connectivity index (χ3v) is 4.81. The van der Waals surface area contributed by atoms with Gasteiger partial charge in [0.25, 0.3) is 0 Å². The number of nitro benzene ring substituents is 1. The number of fused-ring (bicyclic) bond motifs is 2. The van der Waals surface area contributed by atoms with Crippen molar-refractivity contribution < 1.29 is 9.31 Å². The van der Waals surface area contributed by atoms with E-state index in [1.807, 2.05) is 7.05 Å². The minimum absolute atomic E-state index is 0.399.